The van der Waals surface area contributed by atoms with Crippen LogP contribution in [0.3, 0.4) is 0 Å². The molecular formula is C18H15N5O. The molecule has 1 aromatic carbocycles. The summed E-state index contributed by atoms with van der Waals surface area (Å²) in [7, 11) is 0. The summed E-state index contributed by atoms with van der Waals surface area (Å²) < 4.78 is 0. The molecular weight excluding hydrogens is 302 g/mol. The first-order valence-corrected chi connectivity index (χ1v) is 7.15. The molecule has 0 radical (unpaired) electrons. The van der Waals surface area contributed by atoms with Gasteiger partial charge in [0.25, 0.3) is 0 Å². The van der Waals surface area contributed by atoms with E-state index in [2.05, 4.69) is 10.5 Å². The summed E-state index contributed by atoms with van der Waals surface area (Å²) in [6, 6.07) is 14.8. The number of allylic oxidation sites excluding steroid dienone is 4. The number of rotatable bonds is 3. The first kappa shape index (κ1) is 16.8. The van der Waals surface area contributed by atoms with Gasteiger partial charge in [-0.1, -0.05) is 38.1 Å². The smallest absolute Gasteiger partial charge is 0.209 e. The van der Waals surface area contributed by atoms with E-state index in [9.17, 15) is 20.9 Å². The van der Waals surface area contributed by atoms with Crippen molar-refractivity contribution in [2.75, 3.05) is 5.43 Å². The molecule has 0 bridgehead atoms. The molecule has 1 aliphatic carbocycles. The van der Waals surface area contributed by atoms with Crippen molar-refractivity contribution in [2.45, 2.75) is 13.8 Å². The van der Waals surface area contributed by atoms with Gasteiger partial charge in [0.1, 0.15) is 17.4 Å². The lowest BCUT2D eigenvalue weighted by Crippen LogP contribution is -2.39. The van der Waals surface area contributed by atoms with Gasteiger partial charge in [-0.05, 0) is 12.1 Å². The zero-order chi connectivity index (χ0) is 17.8. The Kier molecular flexibility index (Phi) is 4.40. The van der Waals surface area contributed by atoms with Crippen molar-refractivity contribution in [1.82, 2.24) is 0 Å². The second kappa shape index (κ2) is 6.28. The van der Waals surface area contributed by atoms with Crippen LogP contribution in [0.25, 0.3) is 0 Å². The molecule has 2 N–H and O–H groups in total. The topological polar surface area (TPSA) is 116 Å². The van der Waals surface area contributed by atoms with Crippen LogP contribution in [0.4, 0.5) is 5.69 Å². The van der Waals surface area contributed by atoms with Gasteiger partial charge < -0.3 is 5.11 Å². The summed E-state index contributed by atoms with van der Waals surface area (Å²) >= 11 is 0. The molecule has 0 unspecified atom stereocenters. The number of para-hydroxylation sites is 1. The molecule has 0 heterocycles. The van der Waals surface area contributed by atoms with E-state index in [0.717, 1.165) is 5.69 Å². The van der Waals surface area contributed by atoms with Gasteiger partial charge in [-0.15, -0.1) is 0 Å². The number of hydrazone groups is 1. The maximum atomic E-state index is 10.4. The number of benzene rings is 1. The van der Waals surface area contributed by atoms with Gasteiger partial charge >= 0.3 is 0 Å². The Hall–Kier alpha value is -3.56. The van der Waals surface area contributed by atoms with Crippen LogP contribution in [0, 0.1) is 44.8 Å². The third-order valence-corrected chi connectivity index (χ3v) is 3.98. The Morgan fingerprint density at radius 2 is 1.75 bits per heavy atom. The van der Waals surface area contributed by atoms with Crippen molar-refractivity contribution in [2.24, 2.45) is 15.9 Å². The van der Waals surface area contributed by atoms with Gasteiger partial charge in [0.15, 0.2) is 0 Å². The third-order valence-electron chi connectivity index (χ3n) is 3.98. The Bertz CT molecular complexity index is 843. The van der Waals surface area contributed by atoms with Crippen LogP contribution in [0.5, 0.6) is 0 Å². The standard InChI is InChI=1S/C18H15N5O/c1-17(2)8-13(10-22-23-14-6-4-3-5-7-14)15(9-19)16(24)18(17,11-20)12-21/h3-8,10,23-24H,1-2H3. The van der Waals surface area contributed by atoms with Crippen LogP contribution in [0.2, 0.25) is 0 Å². The fourth-order valence-electron chi connectivity index (χ4n) is 2.53. The molecule has 0 aliphatic heterocycles. The summed E-state index contributed by atoms with van der Waals surface area (Å²) in [5.41, 5.74) is 1.00. The van der Waals surface area contributed by atoms with Gasteiger partial charge in [-0.25, -0.2) is 0 Å². The molecule has 118 valence electrons. The van der Waals surface area contributed by atoms with Gasteiger partial charge in [0.05, 0.1) is 24.0 Å². The largest absolute Gasteiger partial charge is 0.508 e. The van der Waals surface area contributed by atoms with E-state index in [-0.39, 0.29) is 5.57 Å². The summed E-state index contributed by atoms with van der Waals surface area (Å²) in [5.74, 6) is -0.538. The normalized spacial score (nSPS) is 18.2. The van der Waals surface area contributed by atoms with E-state index in [1.54, 1.807) is 19.9 Å². The molecule has 1 aromatic rings. The molecule has 6 heteroatoms. The average molecular weight is 317 g/mol. The van der Waals surface area contributed by atoms with Gasteiger partial charge in [-0.2, -0.15) is 20.9 Å². The molecule has 24 heavy (non-hydrogen) atoms. The highest BCUT2D eigenvalue weighted by Crippen LogP contribution is 2.49. The van der Waals surface area contributed by atoms with Crippen LogP contribution in [-0.2, 0) is 0 Å². The minimum Gasteiger partial charge on any atom is -0.508 e. The highest BCUT2D eigenvalue weighted by Gasteiger charge is 2.53. The van der Waals surface area contributed by atoms with Crippen molar-refractivity contribution in [1.29, 1.82) is 15.8 Å². The van der Waals surface area contributed by atoms with Crippen LogP contribution < -0.4 is 5.43 Å². The maximum absolute atomic E-state index is 10.4. The number of hydrogen-bond acceptors (Lipinski definition) is 6. The summed E-state index contributed by atoms with van der Waals surface area (Å²) in [6.45, 7) is 3.31. The summed E-state index contributed by atoms with van der Waals surface area (Å²) in [5, 5.41) is 42.6. The Morgan fingerprint density at radius 1 is 1.12 bits per heavy atom. The molecule has 0 aromatic heterocycles. The lowest BCUT2D eigenvalue weighted by Gasteiger charge is -2.37. The van der Waals surface area contributed by atoms with Crippen molar-refractivity contribution in [3.8, 4) is 18.2 Å². The van der Waals surface area contributed by atoms with E-state index in [1.165, 1.54) is 6.21 Å². The van der Waals surface area contributed by atoms with Gasteiger partial charge in [0.2, 0.25) is 5.41 Å². The zero-order valence-corrected chi connectivity index (χ0v) is 13.3. The average Bonchev–Trinajstić information content (AvgIpc) is 2.56. The van der Waals surface area contributed by atoms with Gasteiger partial charge in [0, 0.05) is 11.0 Å². The SMILES string of the molecule is CC1(C)C=C(C=NNc2ccccc2)C(C#N)=C(O)C1(C#N)C#N. The van der Waals surface area contributed by atoms with E-state index >= 15 is 0 Å². The predicted octanol–water partition coefficient (Wildman–Crippen LogP) is 3.42. The Morgan fingerprint density at radius 3 is 2.29 bits per heavy atom. The number of nitriles is 3. The second-order valence-corrected chi connectivity index (χ2v) is 5.87. The highest BCUT2D eigenvalue weighted by atomic mass is 16.3. The molecule has 2 rings (SSSR count). The molecule has 1 aliphatic rings. The van der Waals surface area contributed by atoms with Crippen LogP contribution in [0.15, 0.2) is 58.4 Å². The predicted molar refractivity (Wildman–Crippen MR) is 89.3 cm³/mol. The lowest BCUT2D eigenvalue weighted by molar-refractivity contribution is 0.206. The number of nitrogens with one attached hydrogen (secondary N) is 1. The van der Waals surface area contributed by atoms with Crippen molar-refractivity contribution in [3.63, 3.8) is 0 Å². The van der Waals surface area contributed by atoms with Gasteiger partial charge in [-0.3, -0.25) is 5.43 Å². The summed E-state index contributed by atoms with van der Waals surface area (Å²) in [4.78, 5) is 0. The van der Waals surface area contributed by atoms with Crippen LogP contribution in [-0.4, -0.2) is 11.3 Å². The number of aliphatic hydroxyl groups excluding tert-OH is 1. The quantitative estimate of drug-likeness (QED) is 0.654. The molecule has 0 saturated heterocycles. The molecule has 0 atom stereocenters. The Labute approximate surface area is 140 Å². The van der Waals surface area contributed by atoms with Crippen molar-refractivity contribution >= 4 is 11.9 Å². The van der Waals surface area contributed by atoms with E-state index in [0.29, 0.717) is 5.57 Å². The first-order chi connectivity index (χ1) is 11.4. The van der Waals surface area contributed by atoms with E-state index in [4.69, 9.17) is 0 Å². The zero-order valence-electron chi connectivity index (χ0n) is 13.3. The van der Waals surface area contributed by atoms with Crippen molar-refractivity contribution in [3.05, 3.63) is 53.3 Å². The molecule has 6 nitrogen and oxygen atoms in total. The molecule has 0 fully saturated rings. The summed E-state index contributed by atoms with van der Waals surface area (Å²) in [6.07, 6.45) is 3.00. The third kappa shape index (κ3) is 2.60. The fraction of sp³-hybridized carbons (Fsp3) is 0.222. The first-order valence-electron chi connectivity index (χ1n) is 7.15. The van der Waals surface area contributed by atoms with Crippen LogP contribution >= 0.6 is 0 Å². The minimum atomic E-state index is -1.80. The lowest BCUT2D eigenvalue weighted by atomic mass is 9.61. The Balaban J connectivity index is 2.42. The van der Waals surface area contributed by atoms with Crippen molar-refractivity contribution < 1.29 is 5.11 Å². The fourth-order valence-corrected chi connectivity index (χ4v) is 2.53. The van der Waals surface area contributed by atoms with E-state index in [1.807, 2.05) is 48.5 Å². The maximum Gasteiger partial charge on any atom is 0.209 e. The number of hydrogen-bond donors (Lipinski definition) is 2. The highest BCUT2D eigenvalue weighted by molar-refractivity contribution is 5.88. The molecule has 0 saturated carbocycles. The van der Waals surface area contributed by atoms with E-state index < -0.39 is 16.6 Å². The molecule has 0 amide bonds. The second-order valence-electron chi connectivity index (χ2n) is 5.87. The monoisotopic (exact) mass is 317 g/mol. The molecule has 0 spiro atoms. The minimum absolute atomic E-state index is 0.129. The number of nitrogens with zero attached hydrogens (tertiary/aromatic N) is 4. The number of anilines is 1. The van der Waals surface area contributed by atoms with Crippen LogP contribution in [0.1, 0.15) is 13.8 Å². The number of aliphatic hydroxyl groups is 1.